The van der Waals surface area contributed by atoms with E-state index in [1.165, 1.54) is 42.4 Å². The maximum Gasteiger partial charge on any atom is 0.306 e. The minimum absolute atomic E-state index is 0.00907. The van der Waals surface area contributed by atoms with Crippen molar-refractivity contribution in [3.8, 4) is 0 Å². The van der Waals surface area contributed by atoms with Crippen LogP contribution in [0.5, 0.6) is 0 Å². The number of hydrogen-bond donors (Lipinski definition) is 0. The molecule has 0 unspecified atom stereocenters. The van der Waals surface area contributed by atoms with Crippen molar-refractivity contribution < 1.29 is 9.53 Å². The van der Waals surface area contributed by atoms with E-state index in [-0.39, 0.29) is 18.1 Å². The average Bonchev–Trinajstić information content (AvgIpc) is 2.94. The summed E-state index contributed by atoms with van der Waals surface area (Å²) in [5.41, 5.74) is 3.74. The lowest BCUT2D eigenvalue weighted by atomic mass is 9.97. The van der Waals surface area contributed by atoms with Crippen molar-refractivity contribution in [2.24, 2.45) is 0 Å². The van der Waals surface area contributed by atoms with Gasteiger partial charge < -0.3 is 4.74 Å². The molecule has 196 valence electrons. The highest BCUT2D eigenvalue weighted by Gasteiger charge is 2.29. The van der Waals surface area contributed by atoms with Crippen LogP contribution in [0.3, 0.4) is 0 Å². The Bertz CT molecular complexity index is 992. The average molecular weight is 498 g/mol. The van der Waals surface area contributed by atoms with Gasteiger partial charge >= 0.3 is 5.97 Å². The van der Waals surface area contributed by atoms with Crippen molar-refractivity contribution >= 4 is 5.97 Å². The Morgan fingerprint density at radius 2 is 1.30 bits per heavy atom. The van der Waals surface area contributed by atoms with Gasteiger partial charge in [-0.1, -0.05) is 130 Å². The lowest BCUT2D eigenvalue weighted by Gasteiger charge is -2.36. The van der Waals surface area contributed by atoms with Gasteiger partial charge in [0.25, 0.3) is 0 Å². The monoisotopic (exact) mass is 497 g/mol. The van der Waals surface area contributed by atoms with E-state index in [9.17, 15) is 4.79 Å². The molecule has 3 aromatic rings. The van der Waals surface area contributed by atoms with Crippen molar-refractivity contribution in [2.45, 2.75) is 84.0 Å². The van der Waals surface area contributed by atoms with E-state index < -0.39 is 0 Å². The van der Waals surface area contributed by atoms with Crippen LogP contribution in [0.2, 0.25) is 0 Å². The highest BCUT2D eigenvalue weighted by atomic mass is 16.5. The van der Waals surface area contributed by atoms with Crippen LogP contribution in [0, 0.1) is 0 Å². The minimum atomic E-state index is -0.328. The first-order chi connectivity index (χ1) is 18.2. The fourth-order valence-electron chi connectivity index (χ4n) is 4.64. The number of benzene rings is 3. The lowest BCUT2D eigenvalue weighted by Crippen LogP contribution is -2.45. The maximum absolute atomic E-state index is 12.6. The van der Waals surface area contributed by atoms with Gasteiger partial charge in [0.2, 0.25) is 0 Å². The zero-order valence-corrected chi connectivity index (χ0v) is 22.6. The highest BCUT2D eigenvalue weighted by molar-refractivity contribution is 5.69. The third-order valence-electron chi connectivity index (χ3n) is 6.70. The summed E-state index contributed by atoms with van der Waals surface area (Å²) in [7, 11) is 0. The van der Waals surface area contributed by atoms with Crippen LogP contribution in [0.1, 0.15) is 69.1 Å². The number of hydrogen-bond acceptors (Lipinski definition) is 3. The summed E-state index contributed by atoms with van der Waals surface area (Å²) in [5.74, 6) is -0.155. The van der Waals surface area contributed by atoms with Crippen molar-refractivity contribution in [1.82, 2.24) is 4.90 Å². The molecular weight excluding hydrogens is 454 g/mol. The van der Waals surface area contributed by atoms with Gasteiger partial charge in [-0.3, -0.25) is 9.69 Å². The van der Waals surface area contributed by atoms with E-state index >= 15 is 0 Å². The van der Waals surface area contributed by atoms with E-state index in [0.717, 1.165) is 25.9 Å². The van der Waals surface area contributed by atoms with E-state index in [2.05, 4.69) is 115 Å². The maximum atomic E-state index is 12.6. The molecule has 0 aliphatic heterocycles. The second kappa shape index (κ2) is 16.6. The Balaban J connectivity index is 1.95. The molecule has 0 spiro atoms. The van der Waals surface area contributed by atoms with E-state index in [1.807, 2.05) is 6.92 Å². The second-order valence-electron chi connectivity index (χ2n) is 9.72. The summed E-state index contributed by atoms with van der Waals surface area (Å²) >= 11 is 0. The number of ether oxygens (including phenoxy) is 1. The summed E-state index contributed by atoms with van der Waals surface area (Å²) in [6.07, 6.45) is 11.1. The highest BCUT2D eigenvalue weighted by Crippen LogP contribution is 2.23. The molecule has 0 heterocycles. The molecule has 37 heavy (non-hydrogen) atoms. The van der Waals surface area contributed by atoms with E-state index in [1.54, 1.807) is 0 Å². The SMILES string of the molecule is CCCCCC/C=C/[C@@H](OC(=O)CC)[C@H](Cc1ccccc1)N(Cc1ccccc1)Cc1ccccc1. The third-order valence-corrected chi connectivity index (χ3v) is 6.70. The Morgan fingerprint density at radius 3 is 1.81 bits per heavy atom. The van der Waals surface area contributed by atoms with E-state index in [0.29, 0.717) is 6.42 Å². The molecule has 0 aromatic heterocycles. The summed E-state index contributed by atoms with van der Waals surface area (Å²) in [5, 5.41) is 0. The molecular formula is C34H43NO2. The first-order valence-electron chi connectivity index (χ1n) is 13.9. The molecule has 3 heteroatoms. The van der Waals surface area contributed by atoms with Gasteiger partial charge in [0.15, 0.2) is 0 Å². The smallest absolute Gasteiger partial charge is 0.306 e. The fraction of sp³-hybridized carbons (Fsp3) is 0.382. The van der Waals surface area contributed by atoms with Crippen LogP contribution in [-0.4, -0.2) is 23.0 Å². The Morgan fingerprint density at radius 1 is 0.757 bits per heavy atom. The van der Waals surface area contributed by atoms with Crippen LogP contribution < -0.4 is 0 Å². The quantitative estimate of drug-likeness (QED) is 0.114. The standard InChI is InChI=1S/C34H43NO2/c1-3-5-6-7-8-18-25-33(37-34(36)4-2)32(26-29-19-12-9-13-20-29)35(27-30-21-14-10-15-22-30)28-31-23-16-11-17-24-31/h9-25,32-33H,3-8,26-28H2,1-2H3/b25-18+/t32-,33+/m0/s1. The number of nitrogens with zero attached hydrogens (tertiary/aromatic N) is 1. The molecule has 3 aromatic carbocycles. The van der Waals surface area contributed by atoms with Crippen LogP contribution in [0.15, 0.2) is 103 Å². The van der Waals surface area contributed by atoms with Gasteiger partial charge in [-0.15, -0.1) is 0 Å². The number of carbonyl (C=O) groups excluding carboxylic acids is 1. The molecule has 0 aliphatic carbocycles. The van der Waals surface area contributed by atoms with Gasteiger partial charge in [-0.2, -0.15) is 0 Å². The Hall–Kier alpha value is -3.17. The van der Waals surface area contributed by atoms with E-state index in [4.69, 9.17) is 4.74 Å². The van der Waals surface area contributed by atoms with Crippen LogP contribution in [0.25, 0.3) is 0 Å². The van der Waals surface area contributed by atoms with Crippen molar-refractivity contribution in [3.05, 3.63) is 120 Å². The first kappa shape index (κ1) is 28.4. The first-order valence-corrected chi connectivity index (χ1v) is 13.9. The van der Waals surface area contributed by atoms with Crippen molar-refractivity contribution in [2.75, 3.05) is 0 Å². The number of allylic oxidation sites excluding steroid dienone is 1. The molecule has 0 radical (unpaired) electrons. The normalized spacial score (nSPS) is 13.1. The molecule has 0 bridgehead atoms. The second-order valence-corrected chi connectivity index (χ2v) is 9.72. The molecule has 0 fully saturated rings. The minimum Gasteiger partial charge on any atom is -0.456 e. The number of rotatable bonds is 16. The van der Waals surface area contributed by atoms with Crippen LogP contribution >= 0.6 is 0 Å². The largest absolute Gasteiger partial charge is 0.456 e. The van der Waals surface area contributed by atoms with Gasteiger partial charge in [-0.25, -0.2) is 0 Å². The molecule has 0 N–H and O–H groups in total. The summed E-state index contributed by atoms with van der Waals surface area (Å²) in [6, 6.07) is 31.7. The fourth-order valence-corrected chi connectivity index (χ4v) is 4.64. The summed E-state index contributed by atoms with van der Waals surface area (Å²) in [4.78, 5) is 15.1. The molecule has 2 atom stereocenters. The molecule has 3 rings (SSSR count). The predicted molar refractivity (Wildman–Crippen MR) is 154 cm³/mol. The molecule has 3 nitrogen and oxygen atoms in total. The summed E-state index contributed by atoms with van der Waals surface area (Å²) < 4.78 is 6.15. The zero-order valence-electron chi connectivity index (χ0n) is 22.6. The summed E-state index contributed by atoms with van der Waals surface area (Å²) in [6.45, 7) is 5.65. The number of carbonyl (C=O) groups is 1. The molecule has 0 saturated carbocycles. The Kier molecular flexibility index (Phi) is 12.7. The lowest BCUT2D eigenvalue weighted by molar-refractivity contribution is -0.149. The number of esters is 1. The van der Waals surface area contributed by atoms with Gasteiger partial charge in [0, 0.05) is 19.5 Å². The molecule has 0 amide bonds. The zero-order chi connectivity index (χ0) is 26.1. The molecule has 0 aliphatic rings. The Labute approximate surface area is 224 Å². The van der Waals surface area contributed by atoms with Gasteiger partial charge in [0.1, 0.15) is 6.10 Å². The topological polar surface area (TPSA) is 29.5 Å². The van der Waals surface area contributed by atoms with Crippen molar-refractivity contribution in [3.63, 3.8) is 0 Å². The van der Waals surface area contributed by atoms with Crippen molar-refractivity contribution in [1.29, 1.82) is 0 Å². The van der Waals surface area contributed by atoms with Gasteiger partial charge in [-0.05, 0) is 42.0 Å². The third kappa shape index (κ3) is 10.4. The van der Waals surface area contributed by atoms with Crippen LogP contribution in [-0.2, 0) is 29.0 Å². The molecule has 0 saturated heterocycles. The van der Waals surface area contributed by atoms with Crippen LogP contribution in [0.4, 0.5) is 0 Å². The number of unbranched alkanes of at least 4 members (excludes halogenated alkanes) is 4. The van der Waals surface area contributed by atoms with Gasteiger partial charge in [0.05, 0.1) is 6.04 Å². The predicted octanol–water partition coefficient (Wildman–Crippen LogP) is 8.15.